The number of likely N-dealkylation sites (N-methyl/N-ethyl adjacent to an activating group) is 1. The lowest BCUT2D eigenvalue weighted by atomic mass is 10.1. The lowest BCUT2D eigenvalue weighted by Gasteiger charge is -2.24. The van der Waals surface area contributed by atoms with Gasteiger partial charge in [-0.15, -0.1) is 0 Å². The predicted octanol–water partition coefficient (Wildman–Crippen LogP) is 3.05. The number of carbonyl (C=O) groups is 1. The molecule has 0 fully saturated rings. The Morgan fingerprint density at radius 3 is 2.58 bits per heavy atom. The van der Waals surface area contributed by atoms with E-state index < -0.39 is 0 Å². The quantitative estimate of drug-likeness (QED) is 0.476. The van der Waals surface area contributed by atoms with Crippen LogP contribution in [-0.4, -0.2) is 67.9 Å². The number of carbonyl (C=O) groups excluding carboxylic acids is 1. The smallest absolute Gasteiger partial charge is 0.275 e. The van der Waals surface area contributed by atoms with Crippen LogP contribution < -0.4 is 0 Å². The maximum absolute atomic E-state index is 13.6. The Morgan fingerprint density at radius 2 is 1.90 bits per heavy atom. The first-order valence-electron chi connectivity index (χ1n) is 10.4. The highest BCUT2D eigenvalue weighted by Crippen LogP contribution is 2.27. The van der Waals surface area contributed by atoms with Crippen LogP contribution in [0.5, 0.6) is 0 Å². The molecule has 0 aliphatic carbocycles. The number of hydrogen-bond acceptors (Lipinski definition) is 5. The Kier molecular flexibility index (Phi) is 6.08. The van der Waals surface area contributed by atoms with E-state index in [0.717, 1.165) is 34.1 Å². The van der Waals surface area contributed by atoms with Crippen molar-refractivity contribution < 1.29 is 4.79 Å². The van der Waals surface area contributed by atoms with Gasteiger partial charge in [-0.25, -0.2) is 0 Å². The van der Waals surface area contributed by atoms with Crippen LogP contribution in [0.3, 0.4) is 0 Å². The molecule has 0 aliphatic heterocycles. The van der Waals surface area contributed by atoms with Gasteiger partial charge in [0.2, 0.25) is 0 Å². The molecule has 1 aromatic carbocycles. The minimum absolute atomic E-state index is 0.0630. The minimum atomic E-state index is -0.0630. The van der Waals surface area contributed by atoms with Gasteiger partial charge in [0.1, 0.15) is 0 Å². The summed E-state index contributed by atoms with van der Waals surface area (Å²) in [7, 11) is 4.02. The molecule has 1 N–H and O–H groups in total. The van der Waals surface area contributed by atoms with Gasteiger partial charge >= 0.3 is 0 Å². The highest BCUT2D eigenvalue weighted by Gasteiger charge is 2.23. The summed E-state index contributed by atoms with van der Waals surface area (Å²) in [4.78, 5) is 21.6. The number of fused-ring (bicyclic) bond motifs is 1. The Hall–Kier alpha value is -3.52. The van der Waals surface area contributed by atoms with E-state index in [2.05, 4.69) is 26.1 Å². The molecular weight excluding hydrogens is 390 g/mol. The summed E-state index contributed by atoms with van der Waals surface area (Å²) >= 11 is 0. The van der Waals surface area contributed by atoms with Crippen molar-refractivity contribution in [2.24, 2.45) is 0 Å². The number of nitrogens with one attached hydrogen (secondary N) is 1. The van der Waals surface area contributed by atoms with Gasteiger partial charge < -0.3 is 9.80 Å². The maximum Gasteiger partial charge on any atom is 0.275 e. The first kappa shape index (κ1) is 20.7. The van der Waals surface area contributed by atoms with Gasteiger partial charge in [0.05, 0.1) is 11.7 Å². The number of benzene rings is 1. The third kappa shape index (κ3) is 4.49. The molecule has 3 heterocycles. The van der Waals surface area contributed by atoms with Gasteiger partial charge in [-0.2, -0.15) is 10.2 Å². The molecule has 160 valence electrons. The monoisotopic (exact) mass is 417 g/mol. The zero-order chi connectivity index (χ0) is 21.8. The number of pyridine rings is 1. The van der Waals surface area contributed by atoms with Crippen LogP contribution in [0.25, 0.3) is 22.0 Å². The van der Waals surface area contributed by atoms with E-state index in [1.165, 1.54) is 0 Å². The second-order valence-electron chi connectivity index (χ2n) is 7.77. The van der Waals surface area contributed by atoms with Gasteiger partial charge in [0.25, 0.3) is 5.91 Å². The highest BCUT2D eigenvalue weighted by atomic mass is 16.2. The molecule has 0 unspecified atom stereocenters. The van der Waals surface area contributed by atoms with Gasteiger partial charge in [-0.1, -0.05) is 6.07 Å². The molecule has 31 heavy (non-hydrogen) atoms. The third-order valence-corrected chi connectivity index (χ3v) is 5.31. The zero-order valence-corrected chi connectivity index (χ0v) is 18.1. The summed E-state index contributed by atoms with van der Waals surface area (Å²) in [5.41, 5.74) is 4.52. The maximum atomic E-state index is 13.6. The first-order chi connectivity index (χ1) is 15.1. The van der Waals surface area contributed by atoms with Crippen molar-refractivity contribution in [1.82, 2.24) is 34.8 Å². The Morgan fingerprint density at radius 1 is 1.10 bits per heavy atom. The average Bonchev–Trinajstić information content (AvgIpc) is 3.44. The van der Waals surface area contributed by atoms with E-state index in [1.54, 1.807) is 18.6 Å². The lowest BCUT2D eigenvalue weighted by Crippen LogP contribution is -2.36. The fourth-order valence-electron chi connectivity index (χ4n) is 3.59. The third-order valence-electron chi connectivity index (χ3n) is 5.31. The Bertz CT molecular complexity index is 1150. The average molecular weight is 418 g/mol. The molecule has 1 amide bonds. The molecule has 8 heteroatoms. The van der Waals surface area contributed by atoms with Crippen LogP contribution in [0.2, 0.25) is 0 Å². The van der Waals surface area contributed by atoms with Crippen molar-refractivity contribution in [1.29, 1.82) is 0 Å². The van der Waals surface area contributed by atoms with E-state index in [1.807, 2.05) is 61.1 Å². The van der Waals surface area contributed by atoms with E-state index in [-0.39, 0.29) is 5.91 Å². The highest BCUT2D eigenvalue weighted by molar-refractivity contribution is 6.05. The number of hydrogen-bond donors (Lipinski definition) is 1. The zero-order valence-electron chi connectivity index (χ0n) is 18.1. The minimum Gasteiger partial charge on any atom is -0.332 e. The van der Waals surface area contributed by atoms with E-state index in [0.29, 0.717) is 25.3 Å². The number of H-pyrrole nitrogens is 1. The first-order valence-corrected chi connectivity index (χ1v) is 10.4. The molecule has 0 aliphatic rings. The standard InChI is InChI=1S/C23H27N7O/c1-4-30-21-13-18(19-14-25-26-15-19)5-6-20(21)22(27-30)23(31)29(12-11-28(2)3)16-17-7-9-24-10-8-17/h5-10,13-15H,4,11-12,16H2,1-3H3,(H,25,26). The normalized spacial score (nSPS) is 11.4. The number of aromatic nitrogens is 5. The molecule has 3 aromatic heterocycles. The summed E-state index contributed by atoms with van der Waals surface area (Å²) in [6.07, 6.45) is 7.15. The molecular formula is C23H27N7O. The van der Waals surface area contributed by atoms with Crippen molar-refractivity contribution in [2.75, 3.05) is 27.2 Å². The molecule has 0 spiro atoms. The van der Waals surface area contributed by atoms with Crippen LogP contribution in [-0.2, 0) is 13.1 Å². The SMILES string of the molecule is CCn1nc(C(=O)N(CCN(C)C)Cc2ccncc2)c2ccc(-c3cn[nH]c3)cc21. The van der Waals surface area contributed by atoms with E-state index in [4.69, 9.17) is 5.10 Å². The second kappa shape index (κ2) is 9.09. The fraction of sp³-hybridized carbons (Fsp3) is 0.304. The van der Waals surface area contributed by atoms with Crippen LogP contribution in [0.1, 0.15) is 23.0 Å². The van der Waals surface area contributed by atoms with Crippen LogP contribution >= 0.6 is 0 Å². The summed E-state index contributed by atoms with van der Waals surface area (Å²) < 4.78 is 1.89. The molecule has 0 saturated carbocycles. The van der Waals surface area contributed by atoms with Crippen molar-refractivity contribution in [3.63, 3.8) is 0 Å². The number of nitrogens with zero attached hydrogens (tertiary/aromatic N) is 6. The predicted molar refractivity (Wildman–Crippen MR) is 121 cm³/mol. The Labute approximate surface area is 181 Å². The fourth-order valence-corrected chi connectivity index (χ4v) is 3.59. The van der Waals surface area contributed by atoms with Gasteiger partial charge in [0.15, 0.2) is 5.69 Å². The topological polar surface area (TPSA) is 82.9 Å². The van der Waals surface area contributed by atoms with Crippen molar-refractivity contribution in [3.05, 3.63) is 66.4 Å². The summed E-state index contributed by atoms with van der Waals surface area (Å²) in [5, 5.41) is 12.4. The lowest BCUT2D eigenvalue weighted by molar-refractivity contribution is 0.0727. The summed E-state index contributed by atoms with van der Waals surface area (Å²) in [6, 6.07) is 9.95. The van der Waals surface area contributed by atoms with Gasteiger partial charge in [-0.05, 0) is 56.4 Å². The Balaban J connectivity index is 1.71. The van der Waals surface area contributed by atoms with Crippen molar-refractivity contribution >= 4 is 16.8 Å². The van der Waals surface area contributed by atoms with Gasteiger partial charge in [-0.3, -0.25) is 19.6 Å². The number of rotatable bonds is 8. The second-order valence-corrected chi connectivity index (χ2v) is 7.77. The molecule has 8 nitrogen and oxygen atoms in total. The van der Waals surface area contributed by atoms with Gasteiger partial charge in [0, 0.05) is 55.7 Å². The van der Waals surface area contributed by atoms with Crippen molar-refractivity contribution in [3.8, 4) is 11.1 Å². The van der Waals surface area contributed by atoms with Crippen molar-refractivity contribution in [2.45, 2.75) is 20.0 Å². The molecule has 4 aromatic rings. The van der Waals surface area contributed by atoms with Crippen LogP contribution in [0.15, 0.2) is 55.1 Å². The number of aryl methyl sites for hydroxylation is 1. The molecule has 0 radical (unpaired) electrons. The van der Waals surface area contributed by atoms with E-state index in [9.17, 15) is 4.79 Å². The molecule has 4 rings (SSSR count). The van der Waals surface area contributed by atoms with E-state index >= 15 is 0 Å². The molecule has 0 bridgehead atoms. The number of aromatic amines is 1. The molecule has 0 saturated heterocycles. The molecule has 0 atom stereocenters. The summed E-state index contributed by atoms with van der Waals surface area (Å²) in [6.45, 7) is 4.62. The van der Waals surface area contributed by atoms with Crippen LogP contribution in [0, 0.1) is 0 Å². The van der Waals surface area contributed by atoms with Crippen LogP contribution in [0.4, 0.5) is 0 Å². The largest absolute Gasteiger partial charge is 0.332 e. The number of amides is 1. The summed E-state index contributed by atoms with van der Waals surface area (Å²) in [5.74, 6) is -0.0630.